The average molecular weight is 190 g/mol. The van der Waals surface area contributed by atoms with E-state index in [0.717, 1.165) is 25.7 Å². The van der Waals surface area contributed by atoms with Crippen LogP contribution in [-0.4, -0.2) is 12.6 Å². The van der Waals surface area contributed by atoms with Crippen molar-refractivity contribution in [3.63, 3.8) is 0 Å². The summed E-state index contributed by atoms with van der Waals surface area (Å²) in [5, 5.41) is -0.0628. The van der Waals surface area contributed by atoms with Gasteiger partial charge in [-0.15, -0.1) is 0 Å². The number of rotatable bonds is 6. The Bertz CT molecular complexity index is 155. The molecular formula is C9H14ClO2. The number of hydrogen-bond acceptors (Lipinski definition) is 2. The summed E-state index contributed by atoms with van der Waals surface area (Å²) in [7, 11) is 0. The van der Waals surface area contributed by atoms with Crippen LogP contribution in [0.5, 0.6) is 0 Å². The van der Waals surface area contributed by atoms with Crippen LogP contribution in [0.3, 0.4) is 0 Å². The molecule has 0 atom stereocenters. The zero-order valence-electron chi connectivity index (χ0n) is 7.14. The molecule has 0 unspecified atom stereocenters. The van der Waals surface area contributed by atoms with Gasteiger partial charge in [-0.05, 0) is 6.42 Å². The fourth-order valence-corrected chi connectivity index (χ4v) is 0.753. The first kappa shape index (κ1) is 11.5. The summed E-state index contributed by atoms with van der Waals surface area (Å²) in [6.07, 6.45) is 3.90. The molecule has 3 heteroatoms. The molecule has 2 nitrogen and oxygen atoms in total. The molecule has 0 aliphatic heterocycles. The second kappa shape index (κ2) is 7.17. The molecule has 0 aliphatic rings. The summed E-state index contributed by atoms with van der Waals surface area (Å²) in [5.74, 6) is -0.522. The monoisotopic (exact) mass is 189 g/mol. The van der Waals surface area contributed by atoms with Crippen molar-refractivity contribution >= 4 is 17.6 Å². The lowest BCUT2D eigenvalue weighted by Crippen LogP contribution is -2.04. The minimum atomic E-state index is -0.522. The summed E-state index contributed by atoms with van der Waals surface area (Å²) in [6.45, 7) is 7.38. The van der Waals surface area contributed by atoms with Crippen LogP contribution in [0.1, 0.15) is 25.7 Å². The van der Waals surface area contributed by atoms with E-state index in [4.69, 9.17) is 16.3 Å². The number of esters is 1. The molecule has 0 N–H and O–H groups in total. The van der Waals surface area contributed by atoms with Gasteiger partial charge in [0.1, 0.15) is 5.03 Å². The third-order valence-electron chi connectivity index (χ3n) is 1.35. The first-order chi connectivity index (χ1) is 5.68. The van der Waals surface area contributed by atoms with E-state index in [9.17, 15) is 4.79 Å². The molecule has 0 rings (SSSR count). The van der Waals surface area contributed by atoms with Crippen molar-refractivity contribution in [3.05, 3.63) is 18.5 Å². The molecule has 0 fully saturated rings. The SMILES string of the molecule is [CH2]CCCCCOC(=O)C(=C)Cl. The van der Waals surface area contributed by atoms with Crippen molar-refractivity contribution in [1.29, 1.82) is 0 Å². The van der Waals surface area contributed by atoms with Gasteiger partial charge in [-0.1, -0.05) is 44.4 Å². The Morgan fingerprint density at radius 3 is 2.50 bits per heavy atom. The minimum Gasteiger partial charge on any atom is -0.461 e. The second-order valence-corrected chi connectivity index (χ2v) is 2.91. The normalized spacial score (nSPS) is 9.50. The lowest BCUT2D eigenvalue weighted by Gasteiger charge is -2.01. The maximum absolute atomic E-state index is 10.7. The Labute approximate surface area is 78.5 Å². The van der Waals surface area contributed by atoms with E-state index in [1.165, 1.54) is 0 Å². The summed E-state index contributed by atoms with van der Waals surface area (Å²) in [5.41, 5.74) is 0. The van der Waals surface area contributed by atoms with E-state index in [0.29, 0.717) is 6.61 Å². The Morgan fingerprint density at radius 1 is 1.33 bits per heavy atom. The zero-order valence-corrected chi connectivity index (χ0v) is 7.90. The lowest BCUT2D eigenvalue weighted by atomic mass is 10.2. The third kappa shape index (κ3) is 6.23. The van der Waals surface area contributed by atoms with Crippen LogP contribution in [0.25, 0.3) is 0 Å². The molecule has 0 spiro atoms. The van der Waals surface area contributed by atoms with Crippen LogP contribution in [0, 0.1) is 6.92 Å². The molecule has 0 heterocycles. The fourth-order valence-electron chi connectivity index (χ4n) is 0.699. The molecule has 0 aromatic heterocycles. The summed E-state index contributed by atoms with van der Waals surface area (Å²) in [4.78, 5) is 10.7. The predicted octanol–water partition coefficient (Wildman–Crippen LogP) is 2.68. The molecule has 0 aliphatic carbocycles. The van der Waals surface area contributed by atoms with Gasteiger partial charge < -0.3 is 4.74 Å². The van der Waals surface area contributed by atoms with Crippen molar-refractivity contribution < 1.29 is 9.53 Å². The predicted molar refractivity (Wildman–Crippen MR) is 49.8 cm³/mol. The molecule has 12 heavy (non-hydrogen) atoms. The number of halogens is 1. The molecule has 0 aromatic carbocycles. The van der Waals surface area contributed by atoms with Gasteiger partial charge in [0, 0.05) is 0 Å². The van der Waals surface area contributed by atoms with Crippen molar-refractivity contribution in [1.82, 2.24) is 0 Å². The van der Waals surface area contributed by atoms with E-state index in [1.54, 1.807) is 0 Å². The van der Waals surface area contributed by atoms with Crippen LogP contribution in [0.4, 0.5) is 0 Å². The highest BCUT2D eigenvalue weighted by Gasteiger charge is 2.03. The van der Waals surface area contributed by atoms with Gasteiger partial charge in [-0.25, -0.2) is 4.79 Å². The third-order valence-corrected chi connectivity index (χ3v) is 1.50. The molecule has 0 saturated heterocycles. The summed E-state index contributed by atoms with van der Waals surface area (Å²) in [6, 6.07) is 0. The Kier molecular flexibility index (Phi) is 6.87. The van der Waals surface area contributed by atoms with Crippen molar-refractivity contribution in [2.24, 2.45) is 0 Å². The van der Waals surface area contributed by atoms with Gasteiger partial charge in [0.2, 0.25) is 0 Å². The van der Waals surface area contributed by atoms with Gasteiger partial charge in [0.25, 0.3) is 0 Å². The molecule has 0 bridgehead atoms. The Hall–Kier alpha value is -0.500. The molecule has 69 valence electrons. The van der Waals surface area contributed by atoms with Gasteiger partial charge >= 0.3 is 5.97 Å². The second-order valence-electron chi connectivity index (χ2n) is 2.46. The topological polar surface area (TPSA) is 26.3 Å². The van der Waals surface area contributed by atoms with E-state index in [2.05, 4.69) is 13.5 Å². The maximum Gasteiger partial charge on any atom is 0.349 e. The van der Waals surface area contributed by atoms with Crippen molar-refractivity contribution in [2.75, 3.05) is 6.61 Å². The zero-order chi connectivity index (χ0) is 9.40. The van der Waals surface area contributed by atoms with Gasteiger partial charge in [0.05, 0.1) is 6.61 Å². The van der Waals surface area contributed by atoms with Gasteiger partial charge in [-0.3, -0.25) is 0 Å². The van der Waals surface area contributed by atoms with Crippen LogP contribution in [-0.2, 0) is 9.53 Å². The van der Waals surface area contributed by atoms with E-state index < -0.39 is 5.97 Å². The van der Waals surface area contributed by atoms with Gasteiger partial charge in [-0.2, -0.15) is 0 Å². The fraction of sp³-hybridized carbons (Fsp3) is 0.556. The molecule has 0 saturated carbocycles. The maximum atomic E-state index is 10.7. The minimum absolute atomic E-state index is 0.0628. The van der Waals surface area contributed by atoms with Crippen molar-refractivity contribution in [3.8, 4) is 0 Å². The summed E-state index contributed by atoms with van der Waals surface area (Å²) >= 11 is 5.29. The average Bonchev–Trinajstić information content (AvgIpc) is 2.03. The number of hydrogen-bond donors (Lipinski definition) is 0. The Morgan fingerprint density at radius 2 is 2.00 bits per heavy atom. The van der Waals surface area contributed by atoms with Crippen LogP contribution >= 0.6 is 11.6 Å². The number of ether oxygens (including phenoxy) is 1. The summed E-state index contributed by atoms with van der Waals surface area (Å²) < 4.78 is 4.76. The first-order valence-electron chi connectivity index (χ1n) is 3.99. The smallest absolute Gasteiger partial charge is 0.349 e. The highest BCUT2D eigenvalue weighted by molar-refractivity contribution is 6.40. The Balaban J connectivity index is 3.20. The molecule has 0 amide bonds. The van der Waals surface area contributed by atoms with Crippen LogP contribution in [0.2, 0.25) is 0 Å². The van der Waals surface area contributed by atoms with Gasteiger partial charge in [0.15, 0.2) is 0 Å². The molecule has 0 aromatic rings. The van der Waals surface area contributed by atoms with Crippen LogP contribution in [0.15, 0.2) is 11.6 Å². The highest BCUT2D eigenvalue weighted by Crippen LogP contribution is 2.02. The quantitative estimate of drug-likeness (QED) is 0.365. The molecular weight excluding hydrogens is 176 g/mol. The number of carbonyl (C=O) groups excluding carboxylic acids is 1. The standard InChI is InChI=1S/C9H14ClO2/c1-3-4-5-6-7-12-9(11)8(2)10/h1-7H2. The first-order valence-corrected chi connectivity index (χ1v) is 4.37. The van der Waals surface area contributed by atoms with Crippen LogP contribution < -0.4 is 0 Å². The highest BCUT2D eigenvalue weighted by atomic mass is 35.5. The number of unbranched alkanes of at least 4 members (excludes halogenated alkanes) is 3. The molecule has 1 radical (unpaired) electrons. The lowest BCUT2D eigenvalue weighted by molar-refractivity contribution is -0.138. The van der Waals surface area contributed by atoms with Crippen molar-refractivity contribution in [2.45, 2.75) is 25.7 Å². The van der Waals surface area contributed by atoms with E-state index in [1.807, 2.05) is 0 Å². The largest absolute Gasteiger partial charge is 0.461 e. The van der Waals surface area contributed by atoms with E-state index in [-0.39, 0.29) is 5.03 Å². The number of carbonyl (C=O) groups is 1. The van der Waals surface area contributed by atoms with E-state index >= 15 is 0 Å².